The fourth-order valence-corrected chi connectivity index (χ4v) is 3.15. The Morgan fingerprint density at radius 2 is 1.50 bits per heavy atom. The van der Waals surface area contributed by atoms with Gasteiger partial charge in [-0.2, -0.15) is 9.97 Å². The van der Waals surface area contributed by atoms with E-state index in [2.05, 4.69) is 30.6 Å². The van der Waals surface area contributed by atoms with E-state index in [1.807, 2.05) is 50.2 Å². The van der Waals surface area contributed by atoms with Crippen LogP contribution in [0.3, 0.4) is 0 Å². The Labute approximate surface area is 172 Å². The van der Waals surface area contributed by atoms with Crippen molar-refractivity contribution in [2.45, 2.75) is 13.8 Å². The summed E-state index contributed by atoms with van der Waals surface area (Å²) in [5.74, 6) is 0.943. The number of hydrogen-bond acceptors (Lipinski definition) is 6. The zero-order valence-corrected chi connectivity index (χ0v) is 16.7. The first kappa shape index (κ1) is 18.4. The van der Waals surface area contributed by atoms with E-state index in [1.54, 1.807) is 12.4 Å². The summed E-state index contributed by atoms with van der Waals surface area (Å²) < 4.78 is 0. The highest BCUT2D eigenvalue weighted by atomic mass is 35.5. The molecular formula is C20H16Cl2N6. The van der Waals surface area contributed by atoms with Gasteiger partial charge in [0.05, 0.1) is 0 Å². The fraction of sp³-hybridized carbons (Fsp3) is 0.100. The van der Waals surface area contributed by atoms with Crippen LogP contribution in [0, 0.1) is 13.8 Å². The molecule has 8 heteroatoms. The van der Waals surface area contributed by atoms with Crippen molar-refractivity contribution in [3.8, 4) is 0 Å². The number of hydrogen-bond donors (Lipinski definition) is 2. The van der Waals surface area contributed by atoms with Gasteiger partial charge in [-0.05, 0) is 55.3 Å². The minimum absolute atomic E-state index is 0.396. The molecule has 0 aliphatic rings. The van der Waals surface area contributed by atoms with Crippen molar-refractivity contribution in [1.29, 1.82) is 0 Å². The number of anilines is 4. The molecule has 2 heterocycles. The Balaban J connectivity index is 1.78. The van der Waals surface area contributed by atoms with Crippen LogP contribution in [0.4, 0.5) is 23.1 Å². The number of benzene rings is 2. The molecule has 6 nitrogen and oxygen atoms in total. The molecule has 0 spiro atoms. The zero-order valence-electron chi connectivity index (χ0n) is 15.2. The molecule has 0 saturated carbocycles. The maximum absolute atomic E-state index is 6.12. The van der Waals surface area contributed by atoms with Crippen LogP contribution in [0.1, 0.15) is 11.1 Å². The van der Waals surface area contributed by atoms with Gasteiger partial charge in [0.2, 0.25) is 5.95 Å². The molecule has 0 aliphatic heterocycles. The van der Waals surface area contributed by atoms with Gasteiger partial charge in [0.1, 0.15) is 0 Å². The van der Waals surface area contributed by atoms with Crippen molar-refractivity contribution in [2.24, 2.45) is 0 Å². The maximum atomic E-state index is 6.12. The highest BCUT2D eigenvalue weighted by Crippen LogP contribution is 2.28. The molecule has 0 fully saturated rings. The second kappa shape index (κ2) is 7.58. The molecule has 2 aromatic heterocycles. The van der Waals surface area contributed by atoms with Gasteiger partial charge in [0.25, 0.3) is 0 Å². The third kappa shape index (κ3) is 3.83. The standard InChI is InChI=1S/C20H16Cl2N6/c1-11-3-4-14(22)10-16(11)26-20-27-18-17(23-7-8-24-18)19(28-20)25-15-6-5-13(21)9-12(15)2/h3-10H,1-2H3,(H2,24,25,26,27,28). The summed E-state index contributed by atoms with van der Waals surface area (Å²) in [4.78, 5) is 17.8. The molecule has 140 valence electrons. The number of fused-ring (bicyclic) bond motifs is 1. The van der Waals surface area contributed by atoms with Crippen LogP contribution in [0.15, 0.2) is 48.8 Å². The largest absolute Gasteiger partial charge is 0.338 e. The molecule has 4 aromatic rings. The number of aromatic nitrogens is 4. The van der Waals surface area contributed by atoms with Crippen molar-refractivity contribution < 1.29 is 0 Å². The molecule has 0 saturated heterocycles. The summed E-state index contributed by atoms with van der Waals surface area (Å²) in [5.41, 5.74) is 4.77. The number of nitrogens with one attached hydrogen (secondary N) is 2. The van der Waals surface area contributed by atoms with E-state index in [0.717, 1.165) is 22.5 Å². The van der Waals surface area contributed by atoms with Gasteiger partial charge in [-0.25, -0.2) is 9.97 Å². The summed E-state index contributed by atoms with van der Waals surface area (Å²) in [6, 6.07) is 11.2. The highest BCUT2D eigenvalue weighted by Gasteiger charge is 2.12. The second-order valence-electron chi connectivity index (χ2n) is 6.29. The number of rotatable bonds is 4. The first-order valence-electron chi connectivity index (χ1n) is 8.55. The molecule has 0 atom stereocenters. The van der Waals surface area contributed by atoms with E-state index in [4.69, 9.17) is 23.2 Å². The lowest BCUT2D eigenvalue weighted by atomic mass is 10.2. The summed E-state index contributed by atoms with van der Waals surface area (Å²) in [6.07, 6.45) is 3.21. The van der Waals surface area contributed by atoms with Crippen LogP contribution in [0.2, 0.25) is 10.0 Å². The zero-order chi connectivity index (χ0) is 19.7. The highest BCUT2D eigenvalue weighted by molar-refractivity contribution is 6.31. The average Bonchev–Trinajstić information content (AvgIpc) is 2.67. The van der Waals surface area contributed by atoms with Crippen molar-refractivity contribution in [1.82, 2.24) is 19.9 Å². The maximum Gasteiger partial charge on any atom is 0.231 e. The van der Waals surface area contributed by atoms with Crippen LogP contribution in [-0.4, -0.2) is 19.9 Å². The average molecular weight is 411 g/mol. The summed E-state index contributed by atoms with van der Waals surface area (Å²) in [6.45, 7) is 3.95. The van der Waals surface area contributed by atoms with Gasteiger partial charge in [-0.3, -0.25) is 0 Å². The van der Waals surface area contributed by atoms with Crippen LogP contribution < -0.4 is 10.6 Å². The summed E-state index contributed by atoms with van der Waals surface area (Å²) in [7, 11) is 0. The van der Waals surface area contributed by atoms with E-state index < -0.39 is 0 Å². The topological polar surface area (TPSA) is 75.6 Å². The Hall–Kier alpha value is -2.96. The Morgan fingerprint density at radius 1 is 0.750 bits per heavy atom. The van der Waals surface area contributed by atoms with Gasteiger partial charge < -0.3 is 10.6 Å². The van der Waals surface area contributed by atoms with Gasteiger partial charge in [-0.1, -0.05) is 29.3 Å². The first-order chi connectivity index (χ1) is 13.5. The summed E-state index contributed by atoms with van der Waals surface area (Å²) >= 11 is 12.2. The van der Waals surface area contributed by atoms with Crippen LogP contribution >= 0.6 is 23.2 Å². The smallest absolute Gasteiger partial charge is 0.231 e. The lowest BCUT2D eigenvalue weighted by Gasteiger charge is -2.13. The molecule has 0 radical (unpaired) electrons. The molecule has 4 rings (SSSR count). The van der Waals surface area contributed by atoms with Crippen molar-refractivity contribution in [2.75, 3.05) is 10.6 Å². The van der Waals surface area contributed by atoms with Crippen molar-refractivity contribution in [3.63, 3.8) is 0 Å². The minimum Gasteiger partial charge on any atom is -0.338 e. The fourth-order valence-electron chi connectivity index (χ4n) is 2.75. The quantitative estimate of drug-likeness (QED) is 0.440. The van der Waals surface area contributed by atoms with E-state index in [-0.39, 0.29) is 0 Å². The van der Waals surface area contributed by atoms with Crippen LogP contribution in [0.5, 0.6) is 0 Å². The van der Waals surface area contributed by atoms with E-state index >= 15 is 0 Å². The molecule has 2 aromatic carbocycles. The van der Waals surface area contributed by atoms with Gasteiger partial charge in [-0.15, -0.1) is 0 Å². The van der Waals surface area contributed by atoms with E-state index in [9.17, 15) is 0 Å². The third-order valence-electron chi connectivity index (χ3n) is 4.22. The molecule has 2 N–H and O–H groups in total. The summed E-state index contributed by atoms with van der Waals surface area (Å²) in [5, 5.41) is 7.84. The molecule has 0 bridgehead atoms. The molecular weight excluding hydrogens is 395 g/mol. The Bertz CT molecular complexity index is 1180. The van der Waals surface area contributed by atoms with Crippen LogP contribution in [-0.2, 0) is 0 Å². The number of aryl methyl sites for hydroxylation is 2. The predicted octanol–water partition coefficient (Wildman–Crippen LogP) is 5.83. The number of nitrogens with zero attached hydrogens (tertiary/aromatic N) is 4. The normalized spacial score (nSPS) is 10.9. The number of halogens is 2. The molecule has 28 heavy (non-hydrogen) atoms. The van der Waals surface area contributed by atoms with Gasteiger partial charge in [0.15, 0.2) is 17.0 Å². The Morgan fingerprint density at radius 3 is 2.32 bits per heavy atom. The third-order valence-corrected chi connectivity index (χ3v) is 4.69. The van der Waals surface area contributed by atoms with Gasteiger partial charge in [0, 0.05) is 33.8 Å². The van der Waals surface area contributed by atoms with Gasteiger partial charge >= 0.3 is 0 Å². The lowest BCUT2D eigenvalue weighted by Crippen LogP contribution is -2.05. The van der Waals surface area contributed by atoms with E-state index in [0.29, 0.717) is 33.0 Å². The SMILES string of the molecule is Cc1ccc(Cl)cc1Nc1nc(Nc2ccc(Cl)cc2C)c2nccnc2n1. The Kier molecular flexibility index (Phi) is 4.98. The minimum atomic E-state index is 0.396. The molecule has 0 aliphatic carbocycles. The predicted molar refractivity (Wildman–Crippen MR) is 114 cm³/mol. The van der Waals surface area contributed by atoms with E-state index in [1.165, 1.54) is 0 Å². The van der Waals surface area contributed by atoms with Crippen molar-refractivity contribution in [3.05, 3.63) is 70.0 Å². The first-order valence-corrected chi connectivity index (χ1v) is 9.30. The lowest BCUT2D eigenvalue weighted by molar-refractivity contribution is 1.14. The molecule has 0 amide bonds. The van der Waals surface area contributed by atoms with Crippen LogP contribution in [0.25, 0.3) is 11.2 Å². The second-order valence-corrected chi connectivity index (χ2v) is 7.17. The molecule has 0 unspecified atom stereocenters. The van der Waals surface area contributed by atoms with Crippen molar-refractivity contribution >= 4 is 57.5 Å². The monoisotopic (exact) mass is 410 g/mol.